The van der Waals surface area contributed by atoms with E-state index < -0.39 is 0 Å². The Morgan fingerprint density at radius 2 is 1.30 bits per heavy atom. The zero-order valence-corrected chi connectivity index (χ0v) is 20.8. The van der Waals surface area contributed by atoms with Crippen molar-refractivity contribution in [2.45, 2.75) is 19.1 Å². The van der Waals surface area contributed by atoms with Crippen LogP contribution in [0.2, 0.25) is 0 Å². The van der Waals surface area contributed by atoms with Crippen LogP contribution in [-0.2, 0) is 6.61 Å². The zero-order valence-electron chi connectivity index (χ0n) is 19.1. The van der Waals surface area contributed by atoms with Gasteiger partial charge in [0, 0.05) is 39.1 Å². The zero-order chi connectivity index (χ0) is 21.3. The largest absolute Gasteiger partial charge is 0.485 e. The fourth-order valence-electron chi connectivity index (χ4n) is 3.89. The maximum atomic E-state index is 6.57. The summed E-state index contributed by atoms with van der Waals surface area (Å²) in [4.78, 5) is 4.93. The van der Waals surface area contributed by atoms with Crippen molar-refractivity contribution < 1.29 is 9.47 Å². The minimum absolute atomic E-state index is 0. The van der Waals surface area contributed by atoms with Crippen LogP contribution in [0.5, 0.6) is 11.5 Å². The first kappa shape index (κ1) is 27.0. The Kier molecular flexibility index (Phi) is 11.6. The number of likely N-dealkylation sites (N-methyl/N-ethyl adjacent to an activating group) is 1. The highest BCUT2D eigenvalue weighted by Gasteiger charge is 2.19. The SMILES string of the molecule is CN1CCN(CCC(Oc2ccccc2OCc2ccccc2)c2ccccc2)CC1.Cl.Cl. The number of rotatable bonds is 9. The first-order valence-corrected chi connectivity index (χ1v) is 11.2. The number of nitrogens with zero attached hydrogens (tertiary/aromatic N) is 2. The first-order valence-electron chi connectivity index (χ1n) is 11.2. The Hall–Kier alpha value is -2.24. The second-order valence-corrected chi connectivity index (χ2v) is 8.17. The number of hydrogen-bond donors (Lipinski definition) is 0. The lowest BCUT2D eigenvalue weighted by Crippen LogP contribution is -2.45. The summed E-state index contributed by atoms with van der Waals surface area (Å²) in [5.74, 6) is 1.58. The van der Waals surface area contributed by atoms with Crippen LogP contribution in [0, 0.1) is 0 Å². The van der Waals surface area contributed by atoms with E-state index in [1.807, 2.05) is 42.5 Å². The first-order chi connectivity index (χ1) is 15.3. The third-order valence-electron chi connectivity index (χ3n) is 5.83. The molecule has 1 unspecified atom stereocenters. The van der Waals surface area contributed by atoms with Gasteiger partial charge in [-0.25, -0.2) is 0 Å². The molecule has 0 radical (unpaired) electrons. The van der Waals surface area contributed by atoms with Gasteiger partial charge in [-0.1, -0.05) is 72.8 Å². The fraction of sp³-hybridized carbons (Fsp3) is 0.333. The Morgan fingerprint density at radius 3 is 1.97 bits per heavy atom. The highest BCUT2D eigenvalue weighted by molar-refractivity contribution is 5.85. The van der Waals surface area contributed by atoms with Crippen molar-refractivity contribution in [3.8, 4) is 11.5 Å². The van der Waals surface area contributed by atoms with Gasteiger partial charge in [0.1, 0.15) is 12.7 Å². The summed E-state index contributed by atoms with van der Waals surface area (Å²) < 4.78 is 12.7. The van der Waals surface area contributed by atoms with Crippen LogP contribution >= 0.6 is 24.8 Å². The molecule has 1 aliphatic heterocycles. The smallest absolute Gasteiger partial charge is 0.162 e. The van der Waals surface area contributed by atoms with E-state index in [0.29, 0.717) is 6.61 Å². The Balaban J connectivity index is 0.00000193. The van der Waals surface area contributed by atoms with Crippen molar-refractivity contribution in [3.05, 3.63) is 96.1 Å². The normalized spacial score (nSPS) is 15.1. The molecule has 0 spiro atoms. The van der Waals surface area contributed by atoms with E-state index in [-0.39, 0.29) is 30.9 Å². The second-order valence-electron chi connectivity index (χ2n) is 8.17. The molecule has 0 amide bonds. The van der Waals surface area contributed by atoms with Crippen molar-refractivity contribution in [2.75, 3.05) is 39.8 Å². The quantitative estimate of drug-likeness (QED) is 0.376. The molecule has 4 rings (SSSR count). The lowest BCUT2D eigenvalue weighted by atomic mass is 10.1. The van der Waals surface area contributed by atoms with Gasteiger partial charge in [-0.15, -0.1) is 24.8 Å². The van der Waals surface area contributed by atoms with Gasteiger partial charge in [-0.3, -0.25) is 0 Å². The summed E-state index contributed by atoms with van der Waals surface area (Å²) in [6, 6.07) is 28.8. The van der Waals surface area contributed by atoms with E-state index in [1.54, 1.807) is 0 Å². The van der Waals surface area contributed by atoms with E-state index in [2.05, 4.69) is 59.3 Å². The number of halogens is 2. The number of para-hydroxylation sites is 2. The van der Waals surface area contributed by atoms with E-state index in [4.69, 9.17) is 9.47 Å². The van der Waals surface area contributed by atoms with Crippen LogP contribution in [0.15, 0.2) is 84.9 Å². The van der Waals surface area contributed by atoms with Crippen molar-refractivity contribution >= 4 is 24.8 Å². The standard InChI is InChI=1S/C27H32N2O2.2ClH/c1-28-18-20-29(21-19-28)17-16-25(24-12-6-3-7-13-24)31-27-15-9-8-14-26(27)30-22-23-10-4-2-5-11-23;;/h2-15,25H,16-22H2,1H3;2*1H. The van der Waals surface area contributed by atoms with E-state index in [1.165, 1.54) is 5.56 Å². The molecule has 1 saturated heterocycles. The van der Waals surface area contributed by atoms with Gasteiger partial charge >= 0.3 is 0 Å². The summed E-state index contributed by atoms with van der Waals surface area (Å²) in [6.45, 7) is 6.06. The summed E-state index contributed by atoms with van der Waals surface area (Å²) in [5.41, 5.74) is 2.35. The van der Waals surface area contributed by atoms with Crippen LogP contribution < -0.4 is 9.47 Å². The number of hydrogen-bond acceptors (Lipinski definition) is 4. The molecule has 6 heteroatoms. The molecule has 1 fully saturated rings. The third kappa shape index (κ3) is 8.24. The molecule has 1 aliphatic rings. The molecule has 1 heterocycles. The Morgan fingerprint density at radius 1 is 0.727 bits per heavy atom. The van der Waals surface area contributed by atoms with Gasteiger partial charge in [-0.05, 0) is 30.3 Å². The van der Waals surface area contributed by atoms with Gasteiger partial charge in [0.15, 0.2) is 11.5 Å². The summed E-state index contributed by atoms with van der Waals surface area (Å²) in [6.07, 6.45) is 0.933. The summed E-state index contributed by atoms with van der Waals surface area (Å²) in [7, 11) is 2.19. The molecule has 3 aromatic carbocycles. The van der Waals surface area contributed by atoms with Crippen LogP contribution in [0.25, 0.3) is 0 Å². The molecule has 178 valence electrons. The monoisotopic (exact) mass is 488 g/mol. The maximum absolute atomic E-state index is 6.57. The number of ether oxygens (including phenoxy) is 2. The minimum atomic E-state index is -0.0117. The highest BCUT2D eigenvalue weighted by Crippen LogP contribution is 2.33. The maximum Gasteiger partial charge on any atom is 0.162 e. The topological polar surface area (TPSA) is 24.9 Å². The summed E-state index contributed by atoms with van der Waals surface area (Å²) in [5, 5.41) is 0. The highest BCUT2D eigenvalue weighted by atomic mass is 35.5. The molecule has 0 bridgehead atoms. The van der Waals surface area contributed by atoms with Crippen LogP contribution in [0.1, 0.15) is 23.7 Å². The second kappa shape index (κ2) is 14.1. The number of benzene rings is 3. The molecular formula is C27H34Cl2N2O2. The van der Waals surface area contributed by atoms with Gasteiger partial charge < -0.3 is 19.3 Å². The Labute approximate surface area is 210 Å². The van der Waals surface area contributed by atoms with Gasteiger partial charge in [0.25, 0.3) is 0 Å². The van der Waals surface area contributed by atoms with Gasteiger partial charge in [0.05, 0.1) is 0 Å². The van der Waals surface area contributed by atoms with Crippen molar-refractivity contribution in [2.24, 2.45) is 0 Å². The molecule has 0 saturated carbocycles. The van der Waals surface area contributed by atoms with Crippen molar-refractivity contribution in [1.82, 2.24) is 9.80 Å². The van der Waals surface area contributed by atoms with E-state index in [0.717, 1.165) is 56.2 Å². The van der Waals surface area contributed by atoms with Crippen molar-refractivity contribution in [1.29, 1.82) is 0 Å². The Bertz CT molecular complexity index is 920. The lowest BCUT2D eigenvalue weighted by Gasteiger charge is -2.33. The van der Waals surface area contributed by atoms with E-state index in [9.17, 15) is 0 Å². The number of piperazine rings is 1. The van der Waals surface area contributed by atoms with Crippen LogP contribution in [-0.4, -0.2) is 49.6 Å². The minimum Gasteiger partial charge on any atom is -0.485 e. The van der Waals surface area contributed by atoms with Crippen LogP contribution in [0.4, 0.5) is 0 Å². The molecular weight excluding hydrogens is 455 g/mol. The van der Waals surface area contributed by atoms with Gasteiger partial charge in [0.2, 0.25) is 0 Å². The van der Waals surface area contributed by atoms with Crippen LogP contribution in [0.3, 0.4) is 0 Å². The molecule has 4 nitrogen and oxygen atoms in total. The molecule has 3 aromatic rings. The molecule has 33 heavy (non-hydrogen) atoms. The fourth-order valence-corrected chi connectivity index (χ4v) is 3.89. The van der Waals surface area contributed by atoms with E-state index >= 15 is 0 Å². The third-order valence-corrected chi connectivity index (χ3v) is 5.83. The van der Waals surface area contributed by atoms with Crippen molar-refractivity contribution in [3.63, 3.8) is 0 Å². The average molecular weight is 489 g/mol. The predicted octanol–water partition coefficient (Wildman–Crippen LogP) is 5.87. The molecule has 0 N–H and O–H groups in total. The summed E-state index contributed by atoms with van der Waals surface area (Å²) >= 11 is 0. The molecule has 1 atom stereocenters. The predicted molar refractivity (Wildman–Crippen MR) is 140 cm³/mol. The van der Waals surface area contributed by atoms with Gasteiger partial charge in [-0.2, -0.15) is 0 Å². The molecule has 0 aromatic heterocycles. The molecule has 0 aliphatic carbocycles. The average Bonchev–Trinajstić information content (AvgIpc) is 2.83. The lowest BCUT2D eigenvalue weighted by molar-refractivity contribution is 0.121.